The van der Waals surface area contributed by atoms with Gasteiger partial charge >= 0.3 is 0 Å². The van der Waals surface area contributed by atoms with E-state index in [1.807, 2.05) is 19.9 Å². The van der Waals surface area contributed by atoms with E-state index in [1.54, 1.807) is 12.1 Å². The van der Waals surface area contributed by atoms with Crippen LogP contribution in [-0.4, -0.2) is 12.6 Å². The normalized spacial score (nSPS) is 17.9. The predicted octanol–water partition coefficient (Wildman–Crippen LogP) is 3.82. The number of rotatable bonds is 5. The summed E-state index contributed by atoms with van der Waals surface area (Å²) in [5.74, 6) is 0.151. The Kier molecular flexibility index (Phi) is 4.59. The van der Waals surface area contributed by atoms with Crippen molar-refractivity contribution in [2.24, 2.45) is 0 Å². The smallest absolute Gasteiger partial charge is 0.165 e. The molecule has 0 saturated heterocycles. The molecule has 1 saturated carbocycles. The minimum atomic E-state index is -0.246. The Labute approximate surface area is 109 Å². The van der Waals surface area contributed by atoms with Crippen LogP contribution in [0.15, 0.2) is 18.2 Å². The standard InChI is InChI=1S/C15H22FNO/c1-3-17-11(2)12-8-9-15(14(16)10-12)18-13-6-4-5-7-13/h8-11,13,17H,3-7H2,1-2H3. The Morgan fingerprint density at radius 3 is 2.72 bits per heavy atom. The summed E-state index contributed by atoms with van der Waals surface area (Å²) in [4.78, 5) is 0. The highest BCUT2D eigenvalue weighted by molar-refractivity contribution is 5.31. The second-order valence-electron chi connectivity index (χ2n) is 4.99. The van der Waals surface area contributed by atoms with Gasteiger partial charge in [-0.3, -0.25) is 0 Å². The molecule has 0 bridgehead atoms. The summed E-state index contributed by atoms with van der Waals surface area (Å²) in [5.41, 5.74) is 0.966. The van der Waals surface area contributed by atoms with Crippen molar-refractivity contribution in [3.05, 3.63) is 29.6 Å². The van der Waals surface area contributed by atoms with Gasteiger partial charge in [-0.1, -0.05) is 13.0 Å². The first-order valence-corrected chi connectivity index (χ1v) is 6.90. The van der Waals surface area contributed by atoms with Gasteiger partial charge in [0, 0.05) is 6.04 Å². The Morgan fingerprint density at radius 1 is 1.39 bits per heavy atom. The molecule has 1 unspecified atom stereocenters. The Balaban J connectivity index is 2.04. The van der Waals surface area contributed by atoms with E-state index < -0.39 is 0 Å². The zero-order valence-electron chi connectivity index (χ0n) is 11.2. The maximum absolute atomic E-state index is 14.0. The first-order chi connectivity index (χ1) is 8.70. The minimum Gasteiger partial charge on any atom is -0.487 e. The van der Waals surface area contributed by atoms with Crippen LogP contribution in [0.5, 0.6) is 5.75 Å². The molecule has 1 aromatic rings. The fourth-order valence-corrected chi connectivity index (χ4v) is 2.49. The topological polar surface area (TPSA) is 21.3 Å². The van der Waals surface area contributed by atoms with Gasteiger partial charge in [0.25, 0.3) is 0 Å². The van der Waals surface area contributed by atoms with Crippen LogP contribution in [0.3, 0.4) is 0 Å². The van der Waals surface area contributed by atoms with Crippen LogP contribution in [-0.2, 0) is 0 Å². The van der Waals surface area contributed by atoms with Crippen LogP contribution < -0.4 is 10.1 Å². The summed E-state index contributed by atoms with van der Waals surface area (Å²) >= 11 is 0. The molecule has 3 heteroatoms. The van der Waals surface area contributed by atoms with Gasteiger partial charge in [-0.25, -0.2) is 4.39 Å². The summed E-state index contributed by atoms with van der Waals surface area (Å²) in [7, 11) is 0. The molecule has 1 N–H and O–H groups in total. The lowest BCUT2D eigenvalue weighted by molar-refractivity contribution is 0.200. The van der Waals surface area contributed by atoms with Crippen molar-refractivity contribution in [1.29, 1.82) is 0 Å². The third-order valence-electron chi connectivity index (χ3n) is 3.56. The SMILES string of the molecule is CCNC(C)c1ccc(OC2CCCC2)c(F)c1. The molecule has 0 heterocycles. The maximum Gasteiger partial charge on any atom is 0.165 e. The molecular formula is C15H22FNO. The highest BCUT2D eigenvalue weighted by atomic mass is 19.1. The van der Waals surface area contributed by atoms with E-state index in [1.165, 1.54) is 12.8 Å². The quantitative estimate of drug-likeness (QED) is 0.859. The summed E-state index contributed by atoms with van der Waals surface area (Å²) < 4.78 is 19.7. The molecule has 1 aromatic carbocycles. The molecule has 18 heavy (non-hydrogen) atoms. The lowest BCUT2D eigenvalue weighted by Crippen LogP contribution is -2.18. The van der Waals surface area contributed by atoms with E-state index in [4.69, 9.17) is 4.74 Å². The van der Waals surface area contributed by atoms with Crippen molar-refractivity contribution in [2.45, 2.75) is 51.7 Å². The monoisotopic (exact) mass is 251 g/mol. The lowest BCUT2D eigenvalue weighted by Gasteiger charge is -2.16. The van der Waals surface area contributed by atoms with Gasteiger partial charge in [0.05, 0.1) is 6.10 Å². The number of ether oxygens (including phenoxy) is 1. The largest absolute Gasteiger partial charge is 0.487 e. The van der Waals surface area contributed by atoms with E-state index in [9.17, 15) is 4.39 Å². The highest BCUT2D eigenvalue weighted by Crippen LogP contribution is 2.27. The van der Waals surface area contributed by atoms with Gasteiger partial charge in [-0.05, 0) is 56.8 Å². The summed E-state index contributed by atoms with van der Waals surface area (Å²) in [5, 5.41) is 3.27. The number of benzene rings is 1. The van der Waals surface area contributed by atoms with Gasteiger partial charge in [-0.2, -0.15) is 0 Å². The number of nitrogens with one attached hydrogen (secondary N) is 1. The molecule has 2 nitrogen and oxygen atoms in total. The highest BCUT2D eigenvalue weighted by Gasteiger charge is 2.18. The van der Waals surface area contributed by atoms with Crippen molar-refractivity contribution in [1.82, 2.24) is 5.32 Å². The third-order valence-corrected chi connectivity index (χ3v) is 3.56. The Morgan fingerprint density at radius 2 is 2.11 bits per heavy atom. The zero-order valence-corrected chi connectivity index (χ0v) is 11.2. The average Bonchev–Trinajstić information content (AvgIpc) is 2.85. The first kappa shape index (κ1) is 13.3. The molecule has 1 aliphatic carbocycles. The van der Waals surface area contributed by atoms with E-state index in [2.05, 4.69) is 5.32 Å². The van der Waals surface area contributed by atoms with Crippen molar-refractivity contribution in [3.8, 4) is 5.75 Å². The van der Waals surface area contributed by atoms with Crippen LogP contribution in [0.1, 0.15) is 51.1 Å². The molecule has 1 atom stereocenters. The van der Waals surface area contributed by atoms with Crippen molar-refractivity contribution in [3.63, 3.8) is 0 Å². The molecular weight excluding hydrogens is 229 g/mol. The second-order valence-corrected chi connectivity index (χ2v) is 4.99. The molecule has 0 amide bonds. The summed E-state index contributed by atoms with van der Waals surface area (Å²) in [6.45, 7) is 4.96. The molecule has 1 fully saturated rings. The van der Waals surface area contributed by atoms with Crippen LogP contribution >= 0.6 is 0 Å². The second kappa shape index (κ2) is 6.19. The van der Waals surface area contributed by atoms with E-state index in [0.717, 1.165) is 24.9 Å². The minimum absolute atomic E-state index is 0.171. The zero-order chi connectivity index (χ0) is 13.0. The molecule has 0 aliphatic heterocycles. The number of hydrogen-bond donors (Lipinski definition) is 1. The van der Waals surface area contributed by atoms with Gasteiger partial charge < -0.3 is 10.1 Å². The molecule has 1 aliphatic rings. The molecule has 0 aromatic heterocycles. The molecule has 2 rings (SSSR count). The van der Waals surface area contributed by atoms with Gasteiger partial charge in [0.15, 0.2) is 11.6 Å². The lowest BCUT2D eigenvalue weighted by atomic mass is 10.1. The number of halogens is 1. The predicted molar refractivity (Wildman–Crippen MR) is 71.4 cm³/mol. The summed E-state index contributed by atoms with van der Waals surface area (Å²) in [6, 6.07) is 5.46. The Bertz CT molecular complexity index is 388. The van der Waals surface area contributed by atoms with Crippen LogP contribution in [0.2, 0.25) is 0 Å². The average molecular weight is 251 g/mol. The molecule has 0 spiro atoms. The van der Waals surface area contributed by atoms with Crippen molar-refractivity contribution in [2.75, 3.05) is 6.54 Å². The van der Waals surface area contributed by atoms with Gasteiger partial charge in [-0.15, -0.1) is 0 Å². The molecule has 0 radical (unpaired) electrons. The fraction of sp³-hybridized carbons (Fsp3) is 0.600. The van der Waals surface area contributed by atoms with Crippen LogP contribution in [0, 0.1) is 5.82 Å². The van der Waals surface area contributed by atoms with Gasteiger partial charge in [0.1, 0.15) is 0 Å². The molecule has 100 valence electrons. The Hall–Kier alpha value is -1.09. The number of hydrogen-bond acceptors (Lipinski definition) is 2. The maximum atomic E-state index is 14.0. The van der Waals surface area contributed by atoms with E-state index in [-0.39, 0.29) is 18.0 Å². The van der Waals surface area contributed by atoms with E-state index >= 15 is 0 Å². The third kappa shape index (κ3) is 3.22. The van der Waals surface area contributed by atoms with Crippen LogP contribution in [0.4, 0.5) is 4.39 Å². The van der Waals surface area contributed by atoms with Crippen molar-refractivity contribution < 1.29 is 9.13 Å². The fourth-order valence-electron chi connectivity index (χ4n) is 2.49. The van der Waals surface area contributed by atoms with Crippen LogP contribution in [0.25, 0.3) is 0 Å². The summed E-state index contributed by atoms with van der Waals surface area (Å²) in [6.07, 6.45) is 4.70. The van der Waals surface area contributed by atoms with E-state index in [0.29, 0.717) is 5.75 Å². The van der Waals surface area contributed by atoms with Gasteiger partial charge in [0.2, 0.25) is 0 Å². The van der Waals surface area contributed by atoms with Crippen molar-refractivity contribution >= 4 is 0 Å². The first-order valence-electron chi connectivity index (χ1n) is 6.90.